The minimum absolute atomic E-state index is 0.311. The van der Waals surface area contributed by atoms with E-state index in [9.17, 15) is 0 Å². The number of aromatic nitrogens is 2. The fourth-order valence-electron chi connectivity index (χ4n) is 0.982. The Hall–Kier alpha value is -0.940. The van der Waals surface area contributed by atoms with Crippen molar-refractivity contribution in [1.82, 2.24) is 9.97 Å². The van der Waals surface area contributed by atoms with Gasteiger partial charge in [0.15, 0.2) is 5.82 Å². The van der Waals surface area contributed by atoms with Gasteiger partial charge in [0.25, 0.3) is 0 Å². The summed E-state index contributed by atoms with van der Waals surface area (Å²) >= 11 is 7.72. The first-order chi connectivity index (χ1) is 7.77. The highest BCUT2D eigenvalue weighted by molar-refractivity contribution is 7.99. The highest BCUT2D eigenvalue weighted by Crippen LogP contribution is 2.19. The minimum atomic E-state index is 0.311. The number of halogens is 1. The van der Waals surface area contributed by atoms with Gasteiger partial charge in [0.2, 0.25) is 0 Å². The molecule has 0 fully saturated rings. The molecule has 1 aromatic rings. The molecule has 0 atom stereocenters. The average molecular weight is 260 g/mol. The van der Waals surface area contributed by atoms with Crippen molar-refractivity contribution in [3.8, 4) is 6.01 Å². The van der Waals surface area contributed by atoms with Crippen LogP contribution in [0.3, 0.4) is 0 Å². The molecule has 0 unspecified atom stereocenters. The first-order valence-electron chi connectivity index (χ1n) is 4.77. The van der Waals surface area contributed by atoms with Crippen LogP contribution in [0.15, 0.2) is 18.9 Å². The third-order valence-electron chi connectivity index (χ3n) is 1.68. The molecule has 1 aromatic heterocycles. The number of methoxy groups -OCH3 is 1. The number of anilines is 1. The van der Waals surface area contributed by atoms with Gasteiger partial charge in [-0.3, -0.25) is 0 Å². The van der Waals surface area contributed by atoms with E-state index in [0.717, 1.165) is 18.1 Å². The van der Waals surface area contributed by atoms with E-state index >= 15 is 0 Å². The van der Waals surface area contributed by atoms with Crippen molar-refractivity contribution < 1.29 is 4.74 Å². The molecule has 0 aliphatic carbocycles. The Bertz CT molecular complexity index is 349. The van der Waals surface area contributed by atoms with Crippen molar-refractivity contribution in [3.63, 3.8) is 0 Å². The third-order valence-corrected chi connectivity index (χ3v) is 2.92. The number of thioether (sulfide) groups is 1. The second-order valence-electron chi connectivity index (χ2n) is 2.84. The number of hydrogen-bond donors (Lipinski definition) is 1. The number of nitrogens with one attached hydrogen (secondary N) is 1. The summed E-state index contributed by atoms with van der Waals surface area (Å²) in [5, 5.41) is 3.62. The monoisotopic (exact) mass is 259 g/mol. The zero-order chi connectivity index (χ0) is 11.8. The molecule has 0 amide bonds. The topological polar surface area (TPSA) is 47.0 Å². The molecule has 1 rings (SSSR count). The van der Waals surface area contributed by atoms with E-state index in [-0.39, 0.29) is 0 Å². The van der Waals surface area contributed by atoms with E-state index in [0.29, 0.717) is 16.9 Å². The van der Waals surface area contributed by atoms with Gasteiger partial charge in [-0.05, 0) is 0 Å². The lowest BCUT2D eigenvalue weighted by Gasteiger charge is -2.07. The standard InChI is InChI=1S/C10H14ClN3OS/c1-3-5-16-6-4-12-9-8(11)7-13-10(14-9)15-2/h3,7H,1,4-6H2,2H3,(H,12,13,14). The van der Waals surface area contributed by atoms with Gasteiger partial charge in [0, 0.05) is 18.1 Å². The van der Waals surface area contributed by atoms with Gasteiger partial charge in [0.05, 0.1) is 13.3 Å². The predicted molar refractivity (Wildman–Crippen MR) is 69.6 cm³/mol. The Balaban J connectivity index is 2.43. The zero-order valence-electron chi connectivity index (χ0n) is 9.07. The van der Waals surface area contributed by atoms with Gasteiger partial charge in [0.1, 0.15) is 5.02 Å². The van der Waals surface area contributed by atoms with Crippen LogP contribution in [0.4, 0.5) is 5.82 Å². The van der Waals surface area contributed by atoms with E-state index in [2.05, 4.69) is 21.9 Å². The Morgan fingerprint density at radius 3 is 3.19 bits per heavy atom. The lowest BCUT2D eigenvalue weighted by atomic mass is 10.5. The highest BCUT2D eigenvalue weighted by Gasteiger charge is 2.04. The summed E-state index contributed by atoms with van der Waals surface area (Å²) in [6.45, 7) is 4.44. The Morgan fingerprint density at radius 2 is 2.50 bits per heavy atom. The molecule has 1 N–H and O–H groups in total. The van der Waals surface area contributed by atoms with Crippen LogP contribution in [0.1, 0.15) is 0 Å². The summed E-state index contributed by atoms with van der Waals surface area (Å²) in [5.74, 6) is 2.52. The summed E-state index contributed by atoms with van der Waals surface area (Å²) in [6.07, 6.45) is 3.40. The van der Waals surface area contributed by atoms with E-state index in [1.807, 2.05) is 6.08 Å². The van der Waals surface area contributed by atoms with Gasteiger partial charge >= 0.3 is 6.01 Å². The zero-order valence-corrected chi connectivity index (χ0v) is 10.6. The van der Waals surface area contributed by atoms with Crippen LogP contribution in [0.5, 0.6) is 6.01 Å². The molecule has 4 nitrogen and oxygen atoms in total. The van der Waals surface area contributed by atoms with Gasteiger partial charge in [-0.25, -0.2) is 4.98 Å². The molecular weight excluding hydrogens is 246 g/mol. The second kappa shape index (κ2) is 7.35. The van der Waals surface area contributed by atoms with Gasteiger partial charge in [-0.1, -0.05) is 17.7 Å². The largest absolute Gasteiger partial charge is 0.467 e. The summed E-state index contributed by atoms with van der Waals surface area (Å²) in [7, 11) is 1.52. The summed E-state index contributed by atoms with van der Waals surface area (Å²) < 4.78 is 4.92. The molecule has 0 aliphatic heterocycles. The van der Waals surface area contributed by atoms with Crippen molar-refractivity contribution in [1.29, 1.82) is 0 Å². The molecule has 0 saturated carbocycles. The maximum Gasteiger partial charge on any atom is 0.318 e. The van der Waals surface area contributed by atoms with Crippen molar-refractivity contribution >= 4 is 29.2 Å². The SMILES string of the molecule is C=CCSCCNc1nc(OC)ncc1Cl. The second-order valence-corrected chi connectivity index (χ2v) is 4.40. The fourth-order valence-corrected chi connectivity index (χ4v) is 1.72. The normalized spacial score (nSPS) is 9.88. The van der Waals surface area contributed by atoms with Crippen LogP contribution >= 0.6 is 23.4 Å². The molecule has 88 valence electrons. The number of ether oxygens (including phenoxy) is 1. The van der Waals surface area contributed by atoms with Crippen molar-refractivity contribution in [2.24, 2.45) is 0 Å². The van der Waals surface area contributed by atoms with E-state index in [4.69, 9.17) is 16.3 Å². The van der Waals surface area contributed by atoms with Crippen molar-refractivity contribution in [2.45, 2.75) is 0 Å². The molecular formula is C10H14ClN3OS. The molecule has 0 bridgehead atoms. The van der Waals surface area contributed by atoms with E-state index in [1.165, 1.54) is 13.3 Å². The summed E-state index contributed by atoms with van der Waals surface area (Å²) in [6, 6.07) is 0.311. The molecule has 0 aliphatic rings. The number of hydrogen-bond acceptors (Lipinski definition) is 5. The van der Waals surface area contributed by atoms with Gasteiger partial charge in [-0.2, -0.15) is 16.7 Å². The summed E-state index contributed by atoms with van der Waals surface area (Å²) in [5.41, 5.74) is 0. The third kappa shape index (κ3) is 4.28. The number of nitrogens with zero attached hydrogens (tertiary/aromatic N) is 2. The van der Waals surface area contributed by atoms with Crippen molar-refractivity contribution in [3.05, 3.63) is 23.9 Å². The minimum Gasteiger partial charge on any atom is -0.467 e. The van der Waals surface area contributed by atoms with E-state index < -0.39 is 0 Å². The van der Waals surface area contributed by atoms with Crippen LogP contribution in [-0.2, 0) is 0 Å². The van der Waals surface area contributed by atoms with Crippen LogP contribution in [0.25, 0.3) is 0 Å². The lowest BCUT2D eigenvalue weighted by Crippen LogP contribution is -2.07. The van der Waals surface area contributed by atoms with Gasteiger partial charge in [-0.15, -0.1) is 6.58 Å². The molecule has 16 heavy (non-hydrogen) atoms. The van der Waals surface area contributed by atoms with Crippen LogP contribution < -0.4 is 10.1 Å². The van der Waals surface area contributed by atoms with E-state index in [1.54, 1.807) is 11.8 Å². The first-order valence-corrected chi connectivity index (χ1v) is 6.30. The number of rotatable bonds is 7. The molecule has 6 heteroatoms. The summed E-state index contributed by atoms with van der Waals surface area (Å²) in [4.78, 5) is 7.99. The maximum absolute atomic E-state index is 5.93. The maximum atomic E-state index is 5.93. The molecule has 0 radical (unpaired) electrons. The van der Waals surface area contributed by atoms with Crippen molar-refractivity contribution in [2.75, 3.05) is 30.5 Å². The predicted octanol–water partition coefficient (Wildman–Crippen LogP) is 2.47. The van der Waals surface area contributed by atoms with Gasteiger partial charge < -0.3 is 10.1 Å². The smallest absolute Gasteiger partial charge is 0.318 e. The van der Waals surface area contributed by atoms with Crippen LogP contribution in [0.2, 0.25) is 5.02 Å². The molecule has 1 heterocycles. The molecule has 0 spiro atoms. The Kier molecular flexibility index (Phi) is 6.03. The fraction of sp³-hybridized carbons (Fsp3) is 0.400. The quantitative estimate of drug-likeness (QED) is 0.602. The Labute approximate surface area is 104 Å². The van der Waals surface area contributed by atoms with Crippen LogP contribution in [0, 0.1) is 0 Å². The Morgan fingerprint density at radius 1 is 1.69 bits per heavy atom. The lowest BCUT2D eigenvalue weighted by molar-refractivity contribution is 0.380. The molecule has 0 saturated heterocycles. The average Bonchev–Trinajstić information content (AvgIpc) is 2.31. The molecule has 0 aromatic carbocycles. The van der Waals surface area contributed by atoms with Crippen LogP contribution in [-0.4, -0.2) is 35.1 Å². The highest BCUT2D eigenvalue weighted by atomic mass is 35.5. The first kappa shape index (κ1) is 13.1.